The van der Waals surface area contributed by atoms with Gasteiger partial charge in [-0.1, -0.05) is 59.3 Å². The van der Waals surface area contributed by atoms with Gasteiger partial charge in [0.05, 0.1) is 35.2 Å². The molecular formula is C31H40BrN3O9. The lowest BCUT2D eigenvalue weighted by molar-refractivity contribution is -0.386. The first-order valence-corrected chi connectivity index (χ1v) is 14.8. The van der Waals surface area contributed by atoms with Crippen molar-refractivity contribution in [3.63, 3.8) is 0 Å². The number of nitrogens with zero attached hydrogens (tertiary/aromatic N) is 2. The summed E-state index contributed by atoms with van der Waals surface area (Å²) < 4.78 is 20.3. The number of hydrogen-bond acceptors (Lipinski definition) is 9. The zero-order valence-corrected chi connectivity index (χ0v) is 27.2. The first-order valence-electron chi connectivity index (χ1n) is 13.6. The number of halogens is 1. The maximum absolute atomic E-state index is 10.8. The Balaban J connectivity index is 0.000000309. The highest BCUT2D eigenvalue weighted by Crippen LogP contribution is 2.30. The number of aromatic nitrogens is 1. The van der Waals surface area contributed by atoms with Gasteiger partial charge in [-0.05, 0) is 44.5 Å². The highest BCUT2D eigenvalue weighted by molar-refractivity contribution is 9.09. The lowest BCUT2D eigenvalue weighted by atomic mass is 10.2. The van der Waals surface area contributed by atoms with Crippen molar-refractivity contribution in [3.8, 4) is 17.2 Å². The van der Waals surface area contributed by atoms with Crippen LogP contribution in [0, 0.1) is 34.1 Å². The molecule has 0 spiro atoms. The van der Waals surface area contributed by atoms with Gasteiger partial charge in [0.15, 0.2) is 11.5 Å². The molecule has 0 saturated heterocycles. The number of nitrogens with one attached hydrogen (secondary N) is 1. The van der Waals surface area contributed by atoms with Crippen LogP contribution < -0.4 is 9.47 Å². The summed E-state index contributed by atoms with van der Waals surface area (Å²) in [6.45, 7) is 7.66. The Bertz CT molecular complexity index is 1410. The first kappa shape index (κ1) is 37.8. The summed E-state index contributed by atoms with van der Waals surface area (Å²) in [7, 11) is 3.23. The van der Waals surface area contributed by atoms with Gasteiger partial charge in [0.2, 0.25) is 0 Å². The van der Waals surface area contributed by atoms with E-state index in [0.29, 0.717) is 24.3 Å². The molecule has 0 aliphatic carbocycles. The number of rotatable bonds is 11. The third-order valence-electron chi connectivity index (χ3n) is 5.62. The van der Waals surface area contributed by atoms with E-state index in [0.717, 1.165) is 36.2 Å². The minimum absolute atomic E-state index is 0.0219. The molecule has 12 nitrogen and oxygen atoms in total. The van der Waals surface area contributed by atoms with Crippen molar-refractivity contribution < 1.29 is 33.9 Å². The molecule has 4 aromatic rings. The quantitative estimate of drug-likeness (QED) is 0.0708. The molecule has 2 N–H and O–H groups in total. The monoisotopic (exact) mass is 677 g/mol. The van der Waals surface area contributed by atoms with Gasteiger partial charge in [-0.15, -0.1) is 0 Å². The summed E-state index contributed by atoms with van der Waals surface area (Å²) in [5, 5.41) is 32.2. The number of ether oxygens (including phenoxy) is 4. The standard InChI is InChI=1S/C11H13NO.C10H13NO4.C7H7NO3.C3H7BrO/c1-2-8-13-10-5-3-4-9-6-7-12-11(9)10;1-8-4-3-5-9(10(8)11(12)13)15-7-6-14-2;1-5-3-2-4-6(9)7(5)8(10)11;1-5-3-2-4/h3-7,12H,2,8H2,1H3;3-5H,6-7H2,1-2H3;2-4,9H,1H3;2-3H2,1H3. The number of nitro groups is 2. The molecule has 3 aromatic carbocycles. The maximum Gasteiger partial charge on any atom is 0.313 e. The second-order valence-corrected chi connectivity index (χ2v) is 9.74. The second-order valence-electron chi connectivity index (χ2n) is 8.95. The summed E-state index contributed by atoms with van der Waals surface area (Å²) >= 11 is 3.18. The highest BCUT2D eigenvalue weighted by atomic mass is 79.9. The molecule has 4 rings (SSSR count). The van der Waals surface area contributed by atoms with Crippen LogP contribution in [0.1, 0.15) is 24.5 Å². The normalized spacial score (nSPS) is 9.86. The van der Waals surface area contributed by atoms with Crippen molar-refractivity contribution in [2.45, 2.75) is 27.2 Å². The van der Waals surface area contributed by atoms with Crippen LogP contribution in [0.4, 0.5) is 11.4 Å². The highest BCUT2D eigenvalue weighted by Gasteiger charge is 2.17. The smallest absolute Gasteiger partial charge is 0.313 e. The Morgan fingerprint density at radius 3 is 1.86 bits per heavy atom. The summed E-state index contributed by atoms with van der Waals surface area (Å²) in [5.41, 5.74) is 1.96. The summed E-state index contributed by atoms with van der Waals surface area (Å²) in [5.74, 6) is 0.955. The van der Waals surface area contributed by atoms with Crippen molar-refractivity contribution in [2.75, 3.05) is 46.0 Å². The summed E-state index contributed by atoms with van der Waals surface area (Å²) in [6.07, 6.45) is 2.97. The molecule has 0 unspecified atom stereocenters. The SMILES string of the molecule is CCCOc1cccc2cc[nH]c12.COCCBr.COCCOc1cccc(C)c1[N+](=O)[O-].Cc1cccc(O)c1[N+](=O)[O-]. The van der Waals surface area contributed by atoms with Crippen LogP contribution in [0.15, 0.2) is 66.9 Å². The van der Waals surface area contributed by atoms with Crippen molar-refractivity contribution in [1.29, 1.82) is 0 Å². The van der Waals surface area contributed by atoms with Crippen molar-refractivity contribution in [2.24, 2.45) is 0 Å². The van der Waals surface area contributed by atoms with Crippen LogP contribution in [0.25, 0.3) is 10.9 Å². The number of methoxy groups -OCH3 is 2. The van der Waals surface area contributed by atoms with E-state index in [1.165, 1.54) is 11.5 Å². The number of phenols is 1. The van der Waals surface area contributed by atoms with E-state index in [1.54, 1.807) is 58.4 Å². The lowest BCUT2D eigenvalue weighted by Gasteiger charge is -2.07. The number of phenolic OH excluding ortho intramolecular Hbond substituents is 1. The van der Waals surface area contributed by atoms with E-state index in [1.807, 2.05) is 24.4 Å². The molecule has 0 aliphatic rings. The molecule has 0 amide bonds. The number of fused-ring (bicyclic) bond motifs is 1. The van der Waals surface area contributed by atoms with E-state index in [4.69, 9.17) is 19.3 Å². The molecule has 1 aromatic heterocycles. The second kappa shape index (κ2) is 21.5. The van der Waals surface area contributed by atoms with Gasteiger partial charge in [0.1, 0.15) is 12.4 Å². The van der Waals surface area contributed by atoms with Crippen LogP contribution in [0.3, 0.4) is 0 Å². The Labute approximate surface area is 265 Å². The topological polar surface area (TPSA) is 159 Å². The summed E-state index contributed by atoms with van der Waals surface area (Å²) in [6, 6.07) is 17.6. The molecule has 0 bridgehead atoms. The lowest BCUT2D eigenvalue weighted by Crippen LogP contribution is -2.06. The number of H-pyrrole nitrogens is 1. The average Bonchev–Trinajstić information content (AvgIpc) is 3.47. The molecule has 13 heteroatoms. The van der Waals surface area contributed by atoms with Gasteiger partial charge >= 0.3 is 11.4 Å². The molecule has 1 heterocycles. The van der Waals surface area contributed by atoms with Gasteiger partial charge in [-0.2, -0.15) is 0 Å². The van der Waals surface area contributed by atoms with Crippen LogP contribution >= 0.6 is 15.9 Å². The van der Waals surface area contributed by atoms with Crippen molar-refractivity contribution >= 4 is 38.2 Å². The maximum atomic E-state index is 10.8. The number of aromatic amines is 1. The van der Waals surface area contributed by atoms with E-state index in [9.17, 15) is 20.2 Å². The largest absolute Gasteiger partial charge is 0.502 e. The van der Waals surface area contributed by atoms with Gasteiger partial charge < -0.3 is 29.0 Å². The average molecular weight is 679 g/mol. The third kappa shape index (κ3) is 13.0. The van der Waals surface area contributed by atoms with Crippen LogP contribution in [-0.4, -0.2) is 65.9 Å². The Morgan fingerprint density at radius 1 is 0.773 bits per heavy atom. The predicted octanol–water partition coefficient (Wildman–Crippen LogP) is 7.52. The van der Waals surface area contributed by atoms with Crippen LogP contribution in [0.5, 0.6) is 17.2 Å². The summed E-state index contributed by atoms with van der Waals surface area (Å²) in [4.78, 5) is 23.2. The number of benzene rings is 3. The van der Waals surface area contributed by atoms with E-state index in [2.05, 4.69) is 38.6 Å². The zero-order chi connectivity index (χ0) is 32.9. The van der Waals surface area contributed by atoms with E-state index in [-0.39, 0.29) is 22.9 Å². The van der Waals surface area contributed by atoms with Gasteiger partial charge in [0, 0.05) is 42.3 Å². The Kier molecular flexibility index (Phi) is 18.5. The number of hydrogen-bond donors (Lipinski definition) is 2. The number of nitro benzene ring substituents is 2. The number of aromatic hydroxyl groups is 1. The van der Waals surface area contributed by atoms with Crippen LogP contribution in [-0.2, 0) is 9.47 Å². The zero-order valence-electron chi connectivity index (χ0n) is 25.6. The fraction of sp³-hybridized carbons (Fsp3) is 0.355. The number of aryl methyl sites for hydroxylation is 2. The number of alkyl halides is 1. The molecule has 0 fully saturated rings. The van der Waals surface area contributed by atoms with Crippen molar-refractivity contribution in [1.82, 2.24) is 4.98 Å². The fourth-order valence-electron chi connectivity index (χ4n) is 3.56. The van der Waals surface area contributed by atoms with Gasteiger partial charge in [0.25, 0.3) is 0 Å². The predicted molar refractivity (Wildman–Crippen MR) is 174 cm³/mol. The van der Waals surface area contributed by atoms with Crippen LogP contribution in [0.2, 0.25) is 0 Å². The Morgan fingerprint density at radius 2 is 1.34 bits per heavy atom. The first-order chi connectivity index (χ1) is 21.1. The molecule has 0 saturated carbocycles. The Hall–Kier alpha value is -4.20. The van der Waals surface area contributed by atoms with Crippen molar-refractivity contribution in [3.05, 3.63) is 98.2 Å². The molecule has 0 radical (unpaired) electrons. The van der Waals surface area contributed by atoms with Gasteiger partial charge in [-0.3, -0.25) is 20.2 Å². The van der Waals surface area contributed by atoms with E-state index >= 15 is 0 Å². The minimum atomic E-state index is -0.593. The molecule has 0 aliphatic heterocycles. The number of para-hydroxylation sites is 3. The molecule has 240 valence electrons. The molecule has 0 atom stereocenters. The molecule has 44 heavy (non-hydrogen) atoms. The molecular weight excluding hydrogens is 638 g/mol. The minimum Gasteiger partial charge on any atom is -0.502 e. The fourth-order valence-corrected chi connectivity index (χ4v) is 3.89. The van der Waals surface area contributed by atoms with E-state index < -0.39 is 9.85 Å². The van der Waals surface area contributed by atoms with Gasteiger partial charge in [-0.25, -0.2) is 0 Å². The third-order valence-corrected chi connectivity index (χ3v) is 5.94.